The third-order valence-electron chi connectivity index (χ3n) is 4.90. The van der Waals surface area contributed by atoms with Crippen LogP contribution in [0.1, 0.15) is 24.2 Å². The number of amides is 1. The number of anilines is 1. The van der Waals surface area contributed by atoms with E-state index < -0.39 is 0 Å². The number of hydrogen-bond acceptors (Lipinski definition) is 6. The van der Waals surface area contributed by atoms with Gasteiger partial charge in [0.25, 0.3) is 5.91 Å². The zero-order valence-electron chi connectivity index (χ0n) is 16.9. The van der Waals surface area contributed by atoms with Gasteiger partial charge in [0.05, 0.1) is 17.9 Å². The van der Waals surface area contributed by atoms with Gasteiger partial charge in [-0.25, -0.2) is 4.98 Å². The number of fused-ring (bicyclic) bond motifs is 1. The van der Waals surface area contributed by atoms with Crippen molar-refractivity contribution in [3.8, 4) is 11.5 Å². The molecule has 0 radical (unpaired) electrons. The van der Waals surface area contributed by atoms with Gasteiger partial charge in [0, 0.05) is 31.7 Å². The summed E-state index contributed by atoms with van der Waals surface area (Å²) in [6, 6.07) is 13.4. The molecule has 152 valence electrons. The molecule has 1 aliphatic rings. The van der Waals surface area contributed by atoms with Crippen molar-refractivity contribution in [1.29, 1.82) is 0 Å². The van der Waals surface area contributed by atoms with Gasteiger partial charge >= 0.3 is 0 Å². The first-order valence-electron chi connectivity index (χ1n) is 9.79. The molecule has 29 heavy (non-hydrogen) atoms. The highest BCUT2D eigenvalue weighted by atomic mass is 32.1. The van der Waals surface area contributed by atoms with Gasteiger partial charge in [0.15, 0.2) is 5.13 Å². The summed E-state index contributed by atoms with van der Waals surface area (Å²) < 4.78 is 12.2. The van der Waals surface area contributed by atoms with Gasteiger partial charge in [-0.1, -0.05) is 17.4 Å². The van der Waals surface area contributed by atoms with E-state index in [-0.39, 0.29) is 12.0 Å². The number of ether oxygens (including phenoxy) is 2. The van der Waals surface area contributed by atoms with Crippen molar-refractivity contribution in [2.75, 3.05) is 38.2 Å². The molecule has 1 aliphatic heterocycles. The molecule has 0 bridgehead atoms. The zero-order valence-corrected chi connectivity index (χ0v) is 17.7. The number of carbonyl (C=O) groups is 1. The van der Waals surface area contributed by atoms with Crippen LogP contribution >= 0.6 is 11.3 Å². The molecule has 0 saturated carbocycles. The highest BCUT2D eigenvalue weighted by Crippen LogP contribution is 2.34. The van der Waals surface area contributed by atoms with E-state index in [1.165, 1.54) is 0 Å². The second-order valence-electron chi connectivity index (χ2n) is 7.27. The first-order valence-corrected chi connectivity index (χ1v) is 10.6. The molecule has 7 heteroatoms. The predicted octanol–water partition coefficient (Wildman–Crippen LogP) is 4.05. The molecule has 0 unspecified atom stereocenters. The van der Waals surface area contributed by atoms with Gasteiger partial charge in [0.1, 0.15) is 17.0 Å². The number of methoxy groups -OCH3 is 1. The van der Waals surface area contributed by atoms with E-state index in [1.807, 2.05) is 55.1 Å². The van der Waals surface area contributed by atoms with Crippen molar-refractivity contribution in [3.05, 3.63) is 48.0 Å². The normalized spacial score (nSPS) is 14.5. The highest BCUT2D eigenvalue weighted by Gasteiger charge is 2.24. The third-order valence-corrected chi connectivity index (χ3v) is 5.98. The van der Waals surface area contributed by atoms with Crippen molar-refractivity contribution in [1.82, 2.24) is 9.88 Å². The Morgan fingerprint density at radius 2 is 1.79 bits per heavy atom. The van der Waals surface area contributed by atoms with Crippen LogP contribution in [0.2, 0.25) is 0 Å². The van der Waals surface area contributed by atoms with Crippen LogP contribution in [-0.4, -0.2) is 55.2 Å². The molecule has 0 aliphatic carbocycles. The lowest BCUT2D eigenvalue weighted by molar-refractivity contribution is 0.0746. The van der Waals surface area contributed by atoms with Gasteiger partial charge in [-0.3, -0.25) is 4.79 Å². The number of piperazine rings is 1. The molecule has 4 rings (SSSR count). The van der Waals surface area contributed by atoms with Crippen molar-refractivity contribution in [3.63, 3.8) is 0 Å². The smallest absolute Gasteiger partial charge is 0.253 e. The Kier molecular flexibility index (Phi) is 5.58. The van der Waals surface area contributed by atoms with E-state index >= 15 is 0 Å². The van der Waals surface area contributed by atoms with Crippen molar-refractivity contribution >= 4 is 32.6 Å². The maximum Gasteiger partial charge on any atom is 0.253 e. The maximum atomic E-state index is 12.8. The fraction of sp³-hybridized carbons (Fsp3) is 0.364. The average molecular weight is 412 g/mol. The predicted molar refractivity (Wildman–Crippen MR) is 116 cm³/mol. The van der Waals surface area contributed by atoms with Gasteiger partial charge in [0.2, 0.25) is 0 Å². The summed E-state index contributed by atoms with van der Waals surface area (Å²) in [6.07, 6.45) is 0.118. The van der Waals surface area contributed by atoms with Crippen LogP contribution in [-0.2, 0) is 0 Å². The quantitative estimate of drug-likeness (QED) is 0.634. The minimum atomic E-state index is 0.0618. The number of thiazole rings is 1. The molecule has 0 spiro atoms. The first-order chi connectivity index (χ1) is 14.0. The molecule has 2 aromatic carbocycles. The number of benzene rings is 2. The van der Waals surface area contributed by atoms with E-state index in [0.717, 1.165) is 39.9 Å². The average Bonchev–Trinajstić information content (AvgIpc) is 3.18. The lowest BCUT2D eigenvalue weighted by Gasteiger charge is -2.34. The minimum absolute atomic E-state index is 0.0618. The van der Waals surface area contributed by atoms with Gasteiger partial charge < -0.3 is 19.3 Å². The Bertz CT molecular complexity index is 992. The molecule has 0 atom stereocenters. The SMILES string of the molecule is COc1cccc2sc(N3CCN(C(=O)c4ccc(OC(C)C)cc4)CC3)nc12. The maximum absolute atomic E-state index is 12.8. The molecule has 6 nitrogen and oxygen atoms in total. The number of aromatic nitrogens is 1. The van der Waals surface area contributed by atoms with Crippen molar-refractivity contribution in [2.45, 2.75) is 20.0 Å². The standard InChI is InChI=1S/C22H25N3O3S/c1-15(2)28-17-9-7-16(8-10-17)21(26)24-11-13-25(14-12-24)22-23-20-18(27-3)5-4-6-19(20)29-22/h4-10,15H,11-14H2,1-3H3. The fourth-order valence-corrected chi connectivity index (χ4v) is 4.48. The summed E-state index contributed by atoms with van der Waals surface area (Å²) in [7, 11) is 1.67. The number of rotatable bonds is 5. The Hall–Kier alpha value is -2.80. The van der Waals surface area contributed by atoms with Crippen LogP contribution < -0.4 is 14.4 Å². The van der Waals surface area contributed by atoms with Gasteiger partial charge in [-0.15, -0.1) is 0 Å². The highest BCUT2D eigenvalue weighted by molar-refractivity contribution is 7.22. The Morgan fingerprint density at radius 3 is 2.45 bits per heavy atom. The van der Waals surface area contributed by atoms with Crippen LogP contribution in [0.3, 0.4) is 0 Å². The lowest BCUT2D eigenvalue weighted by Crippen LogP contribution is -2.48. The second kappa shape index (κ2) is 8.29. The van der Waals surface area contributed by atoms with Crippen LogP contribution in [0, 0.1) is 0 Å². The summed E-state index contributed by atoms with van der Waals surface area (Å²) >= 11 is 1.66. The van der Waals surface area contributed by atoms with Crippen LogP contribution in [0.25, 0.3) is 10.2 Å². The lowest BCUT2D eigenvalue weighted by atomic mass is 10.1. The number of para-hydroxylation sites is 1. The van der Waals surface area contributed by atoms with E-state index in [9.17, 15) is 4.79 Å². The van der Waals surface area contributed by atoms with Crippen LogP contribution in [0.15, 0.2) is 42.5 Å². The molecule has 1 aromatic heterocycles. The summed E-state index contributed by atoms with van der Waals surface area (Å²) in [5.74, 6) is 1.64. The monoisotopic (exact) mass is 411 g/mol. The molecule has 3 aromatic rings. The second-order valence-corrected chi connectivity index (χ2v) is 8.28. The number of hydrogen-bond donors (Lipinski definition) is 0. The van der Waals surface area contributed by atoms with Crippen molar-refractivity contribution in [2.24, 2.45) is 0 Å². The van der Waals surface area contributed by atoms with Crippen LogP contribution in [0.5, 0.6) is 11.5 Å². The van der Waals surface area contributed by atoms with Crippen LogP contribution in [0.4, 0.5) is 5.13 Å². The van der Waals surface area contributed by atoms with Gasteiger partial charge in [-0.05, 0) is 50.2 Å². The zero-order chi connectivity index (χ0) is 20.4. The Balaban J connectivity index is 1.41. The third kappa shape index (κ3) is 4.15. The summed E-state index contributed by atoms with van der Waals surface area (Å²) in [6.45, 7) is 6.86. The molecule has 1 saturated heterocycles. The molecular formula is C22H25N3O3S. The first kappa shape index (κ1) is 19.5. The molecule has 2 heterocycles. The van der Waals surface area contributed by atoms with Crippen molar-refractivity contribution < 1.29 is 14.3 Å². The number of nitrogens with zero attached hydrogens (tertiary/aromatic N) is 3. The Labute approximate surface area is 174 Å². The van der Waals surface area contributed by atoms with E-state index in [2.05, 4.69) is 11.0 Å². The van der Waals surface area contributed by atoms with E-state index in [1.54, 1.807) is 18.4 Å². The minimum Gasteiger partial charge on any atom is -0.494 e. The molecular weight excluding hydrogens is 386 g/mol. The van der Waals surface area contributed by atoms with Gasteiger partial charge in [-0.2, -0.15) is 0 Å². The largest absolute Gasteiger partial charge is 0.494 e. The number of carbonyl (C=O) groups excluding carboxylic acids is 1. The topological polar surface area (TPSA) is 54.9 Å². The summed E-state index contributed by atoms with van der Waals surface area (Å²) in [5.41, 5.74) is 1.59. The summed E-state index contributed by atoms with van der Waals surface area (Å²) in [4.78, 5) is 21.8. The molecule has 1 fully saturated rings. The van der Waals surface area contributed by atoms with E-state index in [4.69, 9.17) is 14.5 Å². The fourth-order valence-electron chi connectivity index (χ4n) is 3.44. The molecule has 1 amide bonds. The Morgan fingerprint density at radius 1 is 1.07 bits per heavy atom. The molecule has 0 N–H and O–H groups in total. The summed E-state index contributed by atoms with van der Waals surface area (Å²) in [5, 5.41) is 0.979. The van der Waals surface area contributed by atoms with E-state index in [0.29, 0.717) is 18.7 Å².